The number of hydrogen-bond acceptors (Lipinski definition) is 5. The van der Waals surface area contributed by atoms with Gasteiger partial charge in [-0.2, -0.15) is 0 Å². The lowest BCUT2D eigenvalue weighted by Gasteiger charge is -2.09. The molecule has 23 heavy (non-hydrogen) atoms. The molecule has 1 aliphatic heterocycles. The second kappa shape index (κ2) is 8.57. The fraction of sp³-hybridized carbons (Fsp3) is 0.294. The second-order valence-corrected chi connectivity index (χ2v) is 8.37. The van der Waals surface area contributed by atoms with Crippen molar-refractivity contribution in [2.45, 2.75) is 12.2 Å². The first-order valence-corrected chi connectivity index (χ1v) is 10.4. The van der Waals surface area contributed by atoms with Gasteiger partial charge in [0.1, 0.15) is 4.38 Å². The van der Waals surface area contributed by atoms with E-state index in [0.717, 1.165) is 40.0 Å². The summed E-state index contributed by atoms with van der Waals surface area (Å²) in [5.41, 5.74) is 1.84. The van der Waals surface area contributed by atoms with Crippen molar-refractivity contribution in [1.82, 2.24) is 5.32 Å². The van der Waals surface area contributed by atoms with Gasteiger partial charge < -0.3 is 5.32 Å². The average Bonchev–Trinajstić information content (AvgIpc) is 3.27. The van der Waals surface area contributed by atoms with Gasteiger partial charge in [-0.25, -0.2) is 0 Å². The highest BCUT2D eigenvalue weighted by Gasteiger charge is 2.13. The first kappa shape index (κ1) is 16.6. The zero-order chi connectivity index (χ0) is 15.9. The van der Waals surface area contributed by atoms with Gasteiger partial charge in [-0.05, 0) is 29.5 Å². The molecule has 0 spiro atoms. The van der Waals surface area contributed by atoms with Crippen LogP contribution in [-0.2, 0) is 12.2 Å². The van der Waals surface area contributed by atoms with E-state index in [2.05, 4.69) is 21.8 Å². The van der Waals surface area contributed by atoms with Crippen molar-refractivity contribution in [2.24, 2.45) is 4.99 Å². The summed E-state index contributed by atoms with van der Waals surface area (Å²) in [5, 5.41) is 5.09. The molecule has 1 amide bonds. The van der Waals surface area contributed by atoms with Crippen LogP contribution in [0.2, 0.25) is 0 Å². The third-order valence-electron chi connectivity index (χ3n) is 3.41. The van der Waals surface area contributed by atoms with Crippen LogP contribution in [0.3, 0.4) is 0 Å². The molecule has 120 valence electrons. The zero-order valence-electron chi connectivity index (χ0n) is 12.7. The largest absolute Gasteiger partial charge is 0.352 e. The van der Waals surface area contributed by atoms with Crippen LogP contribution in [0.5, 0.6) is 0 Å². The van der Waals surface area contributed by atoms with Crippen molar-refractivity contribution >= 4 is 45.1 Å². The van der Waals surface area contributed by atoms with Gasteiger partial charge in [0, 0.05) is 28.5 Å². The quantitative estimate of drug-likeness (QED) is 0.843. The van der Waals surface area contributed by atoms with E-state index >= 15 is 0 Å². The first-order valence-electron chi connectivity index (χ1n) is 7.51. The Labute approximate surface area is 149 Å². The molecule has 1 aromatic carbocycles. The number of nitrogens with zero attached hydrogens (tertiary/aromatic N) is 1. The number of thiophene rings is 1. The number of aliphatic imine (C=N–C) groups is 1. The van der Waals surface area contributed by atoms with Crippen LogP contribution in [0, 0.1) is 0 Å². The van der Waals surface area contributed by atoms with E-state index in [-0.39, 0.29) is 5.91 Å². The summed E-state index contributed by atoms with van der Waals surface area (Å²) < 4.78 is 1.14. The SMILES string of the molecule is O=C(NCCc1cccs1)c1ccccc1CSC1=NCCS1. The molecule has 0 fully saturated rings. The summed E-state index contributed by atoms with van der Waals surface area (Å²) in [7, 11) is 0. The summed E-state index contributed by atoms with van der Waals surface area (Å²) in [5.74, 6) is 1.88. The molecule has 0 unspecified atom stereocenters. The Morgan fingerprint density at radius 1 is 1.26 bits per heavy atom. The summed E-state index contributed by atoms with van der Waals surface area (Å²) in [6, 6.07) is 12.0. The molecular weight excluding hydrogens is 344 g/mol. The molecule has 0 bridgehead atoms. The highest BCUT2D eigenvalue weighted by Crippen LogP contribution is 2.26. The van der Waals surface area contributed by atoms with Crippen molar-refractivity contribution < 1.29 is 4.79 Å². The summed E-state index contributed by atoms with van der Waals surface area (Å²) in [6.07, 6.45) is 0.883. The van der Waals surface area contributed by atoms with E-state index < -0.39 is 0 Å². The van der Waals surface area contributed by atoms with Crippen LogP contribution in [0.25, 0.3) is 0 Å². The van der Waals surface area contributed by atoms with Crippen molar-refractivity contribution in [1.29, 1.82) is 0 Å². The Morgan fingerprint density at radius 3 is 2.96 bits per heavy atom. The van der Waals surface area contributed by atoms with Crippen molar-refractivity contribution in [3.05, 3.63) is 57.8 Å². The number of amides is 1. The number of thioether (sulfide) groups is 2. The number of benzene rings is 1. The van der Waals surface area contributed by atoms with Gasteiger partial charge in [0.25, 0.3) is 5.91 Å². The topological polar surface area (TPSA) is 41.5 Å². The highest BCUT2D eigenvalue weighted by atomic mass is 32.2. The van der Waals surface area contributed by atoms with Crippen LogP contribution in [-0.4, -0.2) is 29.1 Å². The van der Waals surface area contributed by atoms with Crippen LogP contribution < -0.4 is 5.32 Å². The fourth-order valence-electron chi connectivity index (χ4n) is 2.26. The highest BCUT2D eigenvalue weighted by molar-refractivity contribution is 8.38. The van der Waals surface area contributed by atoms with E-state index in [9.17, 15) is 4.79 Å². The number of carbonyl (C=O) groups excluding carboxylic acids is 1. The molecule has 0 saturated carbocycles. The van der Waals surface area contributed by atoms with Gasteiger partial charge >= 0.3 is 0 Å². The summed E-state index contributed by atoms with van der Waals surface area (Å²) >= 11 is 5.25. The summed E-state index contributed by atoms with van der Waals surface area (Å²) in [6.45, 7) is 1.58. The molecule has 1 aliphatic rings. The molecule has 1 aromatic heterocycles. The van der Waals surface area contributed by atoms with E-state index in [4.69, 9.17) is 0 Å². The van der Waals surface area contributed by atoms with Crippen molar-refractivity contribution in [3.63, 3.8) is 0 Å². The molecule has 3 nitrogen and oxygen atoms in total. The molecule has 2 heterocycles. The van der Waals surface area contributed by atoms with E-state index in [0.29, 0.717) is 6.54 Å². The van der Waals surface area contributed by atoms with E-state index in [1.165, 1.54) is 4.88 Å². The smallest absolute Gasteiger partial charge is 0.251 e. The van der Waals surface area contributed by atoms with Crippen LogP contribution in [0.15, 0.2) is 46.8 Å². The molecule has 6 heteroatoms. The molecule has 0 aliphatic carbocycles. The fourth-order valence-corrected chi connectivity index (χ4v) is 4.98. The average molecular weight is 363 g/mol. The predicted octanol–water partition coefficient (Wildman–Crippen LogP) is 4.06. The molecular formula is C17H18N2OS3. The Hall–Kier alpha value is -1.24. The van der Waals surface area contributed by atoms with Gasteiger partial charge in [0.2, 0.25) is 0 Å². The van der Waals surface area contributed by atoms with Crippen LogP contribution >= 0.6 is 34.9 Å². The Balaban J connectivity index is 1.56. The third-order valence-corrected chi connectivity index (χ3v) is 6.65. The predicted molar refractivity (Wildman–Crippen MR) is 103 cm³/mol. The van der Waals surface area contributed by atoms with E-state index in [1.807, 2.05) is 30.3 Å². The standard InChI is InChI=1S/C17H18N2OS3/c20-16(18-8-7-14-5-3-10-21-14)15-6-2-1-4-13(15)12-23-17-19-9-11-22-17/h1-6,10H,7-9,11-12H2,(H,18,20). The number of rotatable bonds is 6. The molecule has 0 radical (unpaired) electrons. The number of nitrogens with one attached hydrogen (secondary N) is 1. The second-order valence-electron chi connectivity index (χ2n) is 5.03. The maximum atomic E-state index is 12.4. The van der Waals surface area contributed by atoms with Gasteiger partial charge in [-0.3, -0.25) is 9.79 Å². The van der Waals surface area contributed by atoms with Gasteiger partial charge in [-0.1, -0.05) is 47.8 Å². The minimum atomic E-state index is 0.0127. The molecule has 3 rings (SSSR count). The normalized spacial score (nSPS) is 13.8. The van der Waals surface area contributed by atoms with Crippen molar-refractivity contribution in [3.8, 4) is 0 Å². The number of carbonyl (C=O) groups is 1. The maximum Gasteiger partial charge on any atom is 0.251 e. The van der Waals surface area contributed by atoms with Crippen LogP contribution in [0.1, 0.15) is 20.8 Å². The lowest BCUT2D eigenvalue weighted by Crippen LogP contribution is -2.26. The zero-order valence-corrected chi connectivity index (χ0v) is 15.1. The summed E-state index contributed by atoms with van der Waals surface area (Å²) in [4.78, 5) is 18.2. The molecule has 1 N–H and O–H groups in total. The number of hydrogen-bond donors (Lipinski definition) is 1. The van der Waals surface area contributed by atoms with Crippen LogP contribution in [0.4, 0.5) is 0 Å². The maximum absolute atomic E-state index is 12.4. The van der Waals surface area contributed by atoms with Gasteiger partial charge in [0.05, 0.1) is 6.54 Å². The van der Waals surface area contributed by atoms with E-state index in [1.54, 1.807) is 34.9 Å². The third kappa shape index (κ3) is 4.86. The van der Waals surface area contributed by atoms with Gasteiger partial charge in [-0.15, -0.1) is 11.3 Å². The Morgan fingerprint density at radius 2 is 2.17 bits per heavy atom. The minimum Gasteiger partial charge on any atom is -0.352 e. The Kier molecular flexibility index (Phi) is 6.19. The Bertz CT molecular complexity index is 683. The van der Waals surface area contributed by atoms with Crippen molar-refractivity contribution in [2.75, 3.05) is 18.8 Å². The molecule has 2 aromatic rings. The van der Waals surface area contributed by atoms with Gasteiger partial charge in [0.15, 0.2) is 0 Å². The lowest BCUT2D eigenvalue weighted by atomic mass is 10.1. The monoisotopic (exact) mass is 362 g/mol. The first-order chi connectivity index (χ1) is 11.3. The lowest BCUT2D eigenvalue weighted by molar-refractivity contribution is 0.0953. The molecule has 0 saturated heterocycles. The minimum absolute atomic E-state index is 0.0127. The molecule has 0 atom stereocenters.